The maximum absolute atomic E-state index is 14.6. The van der Waals surface area contributed by atoms with Crippen molar-refractivity contribution in [2.45, 2.75) is 6.42 Å². The lowest BCUT2D eigenvalue weighted by Crippen LogP contribution is -2.05. The Morgan fingerprint density at radius 1 is 0.938 bits per heavy atom. The third-order valence-electron chi connectivity index (χ3n) is 5.81. The molecule has 3 aromatic carbocycles. The summed E-state index contributed by atoms with van der Waals surface area (Å²) in [7, 11) is 0. The largest absolute Gasteiger partial charge is 0.456 e. The topological polar surface area (TPSA) is 69.9 Å². The molecule has 0 fully saturated rings. The van der Waals surface area contributed by atoms with Crippen molar-refractivity contribution in [3.63, 3.8) is 0 Å². The van der Waals surface area contributed by atoms with Crippen molar-refractivity contribution in [2.24, 2.45) is 5.73 Å². The first-order chi connectivity index (χ1) is 15.7. The molecule has 0 saturated heterocycles. The van der Waals surface area contributed by atoms with E-state index in [1.54, 1.807) is 18.6 Å². The van der Waals surface area contributed by atoms with Gasteiger partial charge in [-0.1, -0.05) is 24.3 Å². The van der Waals surface area contributed by atoms with Gasteiger partial charge in [0.2, 0.25) is 0 Å². The number of nitrogens with two attached hydrogens (primary N) is 1. The van der Waals surface area contributed by atoms with Crippen molar-refractivity contribution < 1.29 is 8.81 Å². The van der Waals surface area contributed by atoms with E-state index < -0.39 is 0 Å². The highest BCUT2D eigenvalue weighted by Crippen LogP contribution is 2.33. The van der Waals surface area contributed by atoms with Crippen molar-refractivity contribution in [1.82, 2.24) is 14.5 Å². The van der Waals surface area contributed by atoms with Crippen LogP contribution in [-0.2, 0) is 6.42 Å². The molecule has 0 amide bonds. The van der Waals surface area contributed by atoms with E-state index in [1.807, 2.05) is 53.1 Å². The first-order valence-corrected chi connectivity index (χ1v) is 10.4. The first kappa shape index (κ1) is 18.7. The Hall–Kier alpha value is -4.03. The number of pyridine rings is 1. The second-order valence-electron chi connectivity index (χ2n) is 7.80. The molecule has 0 aliphatic heterocycles. The Bertz CT molecular complexity index is 1580. The van der Waals surface area contributed by atoms with Gasteiger partial charge in [-0.25, -0.2) is 9.37 Å². The molecule has 5 nitrogen and oxygen atoms in total. The van der Waals surface area contributed by atoms with E-state index in [0.717, 1.165) is 44.2 Å². The van der Waals surface area contributed by atoms with Crippen molar-refractivity contribution in [2.75, 3.05) is 6.54 Å². The van der Waals surface area contributed by atoms with E-state index in [9.17, 15) is 4.39 Å². The Balaban J connectivity index is 1.55. The van der Waals surface area contributed by atoms with Crippen LogP contribution in [0.1, 0.15) is 5.56 Å². The molecule has 0 radical (unpaired) electrons. The number of aromatic nitrogens is 3. The number of rotatable bonds is 4. The molecule has 6 aromatic rings. The predicted molar refractivity (Wildman–Crippen MR) is 124 cm³/mol. The van der Waals surface area contributed by atoms with E-state index in [2.05, 4.69) is 16.0 Å². The molecular formula is C26H19FN4O. The quantitative estimate of drug-likeness (QED) is 0.400. The van der Waals surface area contributed by atoms with Crippen LogP contribution < -0.4 is 5.73 Å². The van der Waals surface area contributed by atoms with Crippen LogP contribution in [0.2, 0.25) is 0 Å². The maximum atomic E-state index is 14.6. The molecule has 2 N–H and O–H groups in total. The predicted octanol–water partition coefficient (Wildman–Crippen LogP) is 5.63. The Morgan fingerprint density at radius 2 is 1.84 bits per heavy atom. The third kappa shape index (κ3) is 2.96. The molecule has 0 spiro atoms. The molecular weight excluding hydrogens is 403 g/mol. The molecule has 156 valence electrons. The average molecular weight is 422 g/mol. The second kappa shape index (κ2) is 7.28. The summed E-state index contributed by atoms with van der Waals surface area (Å²) >= 11 is 0. The van der Waals surface area contributed by atoms with E-state index in [-0.39, 0.29) is 5.82 Å². The first-order valence-electron chi connectivity index (χ1n) is 10.4. The number of nitrogens with zero attached hydrogens (tertiary/aromatic N) is 3. The SMILES string of the molecule is NCCc1ccc(-n2cnc3cnc4ccc(-c5cc6ccccc6o5)cc4c32)cc1F. The lowest BCUT2D eigenvalue weighted by atomic mass is 10.1. The van der Waals surface area contributed by atoms with Crippen LogP contribution in [0.25, 0.3) is 49.9 Å². The van der Waals surface area contributed by atoms with Gasteiger partial charge in [-0.15, -0.1) is 0 Å². The Labute approximate surface area is 182 Å². The van der Waals surface area contributed by atoms with Gasteiger partial charge in [0.15, 0.2) is 0 Å². The molecule has 0 saturated carbocycles. The molecule has 32 heavy (non-hydrogen) atoms. The zero-order valence-corrected chi connectivity index (χ0v) is 17.1. The Morgan fingerprint density at radius 3 is 2.69 bits per heavy atom. The van der Waals surface area contributed by atoms with Crippen LogP contribution in [-0.4, -0.2) is 21.1 Å². The van der Waals surface area contributed by atoms with Gasteiger partial charge >= 0.3 is 0 Å². The third-order valence-corrected chi connectivity index (χ3v) is 5.81. The van der Waals surface area contributed by atoms with Crippen LogP contribution >= 0.6 is 0 Å². The molecule has 0 aliphatic rings. The van der Waals surface area contributed by atoms with E-state index >= 15 is 0 Å². The van der Waals surface area contributed by atoms with Crippen molar-refractivity contribution in [1.29, 1.82) is 0 Å². The number of imidazole rings is 1. The fraction of sp³-hybridized carbons (Fsp3) is 0.0769. The van der Waals surface area contributed by atoms with Gasteiger partial charge in [0.1, 0.15) is 29.0 Å². The monoisotopic (exact) mass is 422 g/mol. The summed E-state index contributed by atoms with van der Waals surface area (Å²) in [6.07, 6.45) is 3.95. The zero-order chi connectivity index (χ0) is 21.7. The van der Waals surface area contributed by atoms with Crippen molar-refractivity contribution >= 4 is 32.9 Å². The molecule has 6 heteroatoms. The number of fused-ring (bicyclic) bond motifs is 4. The summed E-state index contributed by atoms with van der Waals surface area (Å²) in [5.41, 5.74) is 11.1. The molecule has 6 rings (SSSR count). The van der Waals surface area contributed by atoms with Crippen LogP contribution in [0.5, 0.6) is 0 Å². The van der Waals surface area contributed by atoms with Crippen LogP contribution in [0.3, 0.4) is 0 Å². The lowest BCUT2D eigenvalue weighted by molar-refractivity contribution is 0.608. The fourth-order valence-electron chi connectivity index (χ4n) is 4.21. The molecule has 3 heterocycles. The number of furan rings is 1. The standard InChI is InChI=1S/C26H19FN4O/c27-21-13-19(7-5-16(21)9-10-28)31-15-30-23-14-29-22-8-6-18(11-20(22)26(23)31)25-12-17-3-1-2-4-24(17)32-25/h1-8,11-15H,9-10,28H2. The Kier molecular flexibility index (Phi) is 4.26. The average Bonchev–Trinajstić information content (AvgIpc) is 3.45. The lowest BCUT2D eigenvalue weighted by Gasteiger charge is -2.09. The van der Waals surface area contributed by atoms with Crippen molar-refractivity contribution in [3.8, 4) is 17.0 Å². The van der Waals surface area contributed by atoms with Gasteiger partial charge in [0.25, 0.3) is 0 Å². The van der Waals surface area contributed by atoms with Crippen LogP contribution in [0.15, 0.2) is 83.7 Å². The smallest absolute Gasteiger partial charge is 0.135 e. The normalized spacial score (nSPS) is 11.7. The summed E-state index contributed by atoms with van der Waals surface area (Å²) in [5, 5.41) is 1.97. The van der Waals surface area contributed by atoms with Gasteiger partial charge in [0, 0.05) is 16.3 Å². The molecule has 3 aromatic heterocycles. The molecule has 0 bridgehead atoms. The van der Waals surface area contributed by atoms with Crippen molar-refractivity contribution in [3.05, 3.63) is 90.6 Å². The number of benzene rings is 3. The zero-order valence-electron chi connectivity index (χ0n) is 17.1. The number of hydrogen-bond acceptors (Lipinski definition) is 4. The fourth-order valence-corrected chi connectivity index (χ4v) is 4.21. The minimum atomic E-state index is -0.267. The summed E-state index contributed by atoms with van der Waals surface area (Å²) in [4.78, 5) is 9.06. The molecule has 0 aliphatic carbocycles. The molecule has 0 atom stereocenters. The maximum Gasteiger partial charge on any atom is 0.135 e. The van der Waals surface area contributed by atoms with Gasteiger partial charge in [-0.3, -0.25) is 9.55 Å². The summed E-state index contributed by atoms with van der Waals surface area (Å²) in [5.74, 6) is 0.518. The minimum absolute atomic E-state index is 0.267. The number of para-hydroxylation sites is 1. The van der Waals surface area contributed by atoms with E-state index in [1.165, 1.54) is 6.07 Å². The highest BCUT2D eigenvalue weighted by molar-refractivity contribution is 6.04. The van der Waals surface area contributed by atoms with Gasteiger partial charge in [-0.05, 0) is 61.0 Å². The summed E-state index contributed by atoms with van der Waals surface area (Å²) in [6, 6.07) is 21.2. The number of halogens is 1. The van der Waals surface area contributed by atoms with Gasteiger partial charge in [-0.2, -0.15) is 0 Å². The highest BCUT2D eigenvalue weighted by atomic mass is 19.1. The van der Waals surface area contributed by atoms with E-state index in [4.69, 9.17) is 10.2 Å². The summed E-state index contributed by atoms with van der Waals surface area (Å²) in [6.45, 7) is 0.408. The van der Waals surface area contributed by atoms with Crippen LogP contribution in [0.4, 0.5) is 4.39 Å². The van der Waals surface area contributed by atoms with E-state index in [0.29, 0.717) is 24.2 Å². The van der Waals surface area contributed by atoms with Gasteiger partial charge < -0.3 is 10.2 Å². The minimum Gasteiger partial charge on any atom is -0.456 e. The molecule has 0 unspecified atom stereocenters. The number of hydrogen-bond donors (Lipinski definition) is 1. The summed E-state index contributed by atoms with van der Waals surface area (Å²) < 4.78 is 22.6. The van der Waals surface area contributed by atoms with Gasteiger partial charge in [0.05, 0.1) is 22.9 Å². The van der Waals surface area contributed by atoms with Crippen LogP contribution in [0, 0.1) is 5.82 Å². The highest BCUT2D eigenvalue weighted by Gasteiger charge is 2.14. The second-order valence-corrected chi connectivity index (χ2v) is 7.80.